The summed E-state index contributed by atoms with van der Waals surface area (Å²) in [5, 5.41) is 36.7. The van der Waals surface area contributed by atoms with Gasteiger partial charge in [0.15, 0.2) is 12.2 Å². The predicted octanol–water partition coefficient (Wildman–Crippen LogP) is 9.57. The first-order valence-corrected chi connectivity index (χ1v) is 19.5. The van der Waals surface area contributed by atoms with Crippen LogP contribution in [0.4, 0.5) is 0 Å². The first kappa shape index (κ1) is 42.3. The number of Topliss-reactive ketones (excluding diaryl/α,β-unsaturated/α-hetero) is 1. The SMILES string of the molecule is CCC1CCCC(=O)C1.CC[C@@H]1CCC[C@H](O)C1.CC[C@@H]1CC[CH+][C@@H](O)C1.CC[C@H]1CCC[C@H](O)C1.CC[C@H]1CC[CH+][C@@H](O)C1. The Morgan fingerprint density at radius 2 is 0.889 bits per heavy atom. The highest BCUT2D eigenvalue weighted by Gasteiger charge is 2.26. The fourth-order valence-electron chi connectivity index (χ4n) is 7.63. The molecule has 5 aliphatic carbocycles. The van der Waals surface area contributed by atoms with Crippen LogP contribution in [0.2, 0.25) is 0 Å². The lowest BCUT2D eigenvalue weighted by Crippen LogP contribution is -2.19. The van der Waals surface area contributed by atoms with Crippen molar-refractivity contribution in [1.29, 1.82) is 0 Å². The van der Waals surface area contributed by atoms with Crippen LogP contribution in [0.15, 0.2) is 0 Å². The molecule has 9 atom stereocenters. The van der Waals surface area contributed by atoms with Gasteiger partial charge in [-0.2, -0.15) is 0 Å². The summed E-state index contributed by atoms with van der Waals surface area (Å²) in [6.07, 6.45) is 30.2. The number of aliphatic hydroxyl groups excluding tert-OH is 4. The molecular weight excluding hydrogens is 560 g/mol. The van der Waals surface area contributed by atoms with Crippen LogP contribution in [0.3, 0.4) is 0 Å². The lowest BCUT2D eigenvalue weighted by Gasteiger charge is -2.24. The Kier molecular flexibility index (Phi) is 24.6. The van der Waals surface area contributed by atoms with Crippen molar-refractivity contribution in [3.05, 3.63) is 12.8 Å². The standard InChI is InChI=1S/2C8H16O.2C8H15O.C8H14O/c5*1-2-7-4-3-5-8(9)6-7/h2*7-9H,2-6H2,1H3;2*5,7-9H,2-4,6H2,1H3;7H,2-6H2,1H3/q;;2*+1;/t7-,8+;7-,8-;7-,8+;7-,8-;/m1001./s1. The molecule has 5 aliphatic rings. The predicted molar refractivity (Wildman–Crippen MR) is 190 cm³/mol. The Morgan fingerprint density at radius 1 is 0.511 bits per heavy atom. The van der Waals surface area contributed by atoms with E-state index in [2.05, 4.69) is 34.6 Å². The molecule has 4 N–H and O–H groups in total. The smallest absolute Gasteiger partial charge is 0.194 e. The highest BCUT2D eigenvalue weighted by Crippen LogP contribution is 2.28. The van der Waals surface area contributed by atoms with Crippen LogP contribution in [0.1, 0.15) is 182 Å². The molecule has 264 valence electrons. The number of ketones is 1. The van der Waals surface area contributed by atoms with E-state index in [-0.39, 0.29) is 24.4 Å². The first-order chi connectivity index (χ1) is 21.6. The third-order valence-corrected chi connectivity index (χ3v) is 11.2. The summed E-state index contributed by atoms with van der Waals surface area (Å²) < 4.78 is 0. The minimum absolute atomic E-state index is 0.0173. The average molecular weight is 637 g/mol. The van der Waals surface area contributed by atoms with E-state index < -0.39 is 0 Å². The highest BCUT2D eigenvalue weighted by molar-refractivity contribution is 5.79. The lowest BCUT2D eigenvalue weighted by molar-refractivity contribution is -0.121. The number of hydrogen-bond donors (Lipinski definition) is 4. The zero-order valence-electron chi connectivity index (χ0n) is 30.3. The summed E-state index contributed by atoms with van der Waals surface area (Å²) in [5.74, 6) is 4.39. The largest absolute Gasteiger partial charge is 0.393 e. The van der Waals surface area contributed by atoms with Crippen LogP contribution < -0.4 is 0 Å². The van der Waals surface area contributed by atoms with Crippen molar-refractivity contribution < 1.29 is 25.2 Å². The summed E-state index contributed by atoms with van der Waals surface area (Å²) in [5.41, 5.74) is 0. The van der Waals surface area contributed by atoms with Crippen LogP contribution in [-0.2, 0) is 4.79 Å². The van der Waals surface area contributed by atoms with E-state index in [4.69, 9.17) is 10.2 Å². The van der Waals surface area contributed by atoms with Gasteiger partial charge in [-0.05, 0) is 81.0 Å². The maximum absolute atomic E-state index is 10.8. The molecule has 0 bridgehead atoms. The van der Waals surface area contributed by atoms with Gasteiger partial charge in [0, 0.05) is 25.7 Å². The molecule has 0 heterocycles. The number of hydrogen-bond acceptors (Lipinski definition) is 5. The molecule has 0 aromatic rings. The molecule has 0 aliphatic heterocycles. The van der Waals surface area contributed by atoms with Gasteiger partial charge in [-0.3, -0.25) is 4.79 Å². The van der Waals surface area contributed by atoms with Crippen LogP contribution in [0.5, 0.6) is 0 Å². The maximum atomic E-state index is 10.8. The Balaban J connectivity index is 0.000000281. The van der Waals surface area contributed by atoms with E-state index in [1.807, 2.05) is 12.8 Å². The summed E-state index contributed by atoms with van der Waals surface area (Å²) in [7, 11) is 0. The number of carbonyl (C=O) groups is 1. The fraction of sp³-hybridized carbons (Fsp3) is 0.925. The second-order valence-electron chi connectivity index (χ2n) is 14.9. The third kappa shape index (κ3) is 21.0. The van der Waals surface area contributed by atoms with Crippen molar-refractivity contribution in [1.82, 2.24) is 0 Å². The van der Waals surface area contributed by atoms with Gasteiger partial charge in [-0.15, -0.1) is 0 Å². The summed E-state index contributed by atoms with van der Waals surface area (Å²) in [4.78, 5) is 10.8. The molecule has 0 spiro atoms. The van der Waals surface area contributed by atoms with Crippen molar-refractivity contribution in [3.63, 3.8) is 0 Å². The van der Waals surface area contributed by atoms with Crippen molar-refractivity contribution >= 4 is 5.78 Å². The average Bonchev–Trinajstić information content (AvgIpc) is 3.06. The summed E-state index contributed by atoms with van der Waals surface area (Å²) >= 11 is 0. The molecule has 0 aromatic heterocycles. The quantitative estimate of drug-likeness (QED) is 0.225. The van der Waals surface area contributed by atoms with E-state index in [0.717, 1.165) is 94.3 Å². The van der Waals surface area contributed by atoms with Gasteiger partial charge in [0.05, 0.1) is 25.0 Å². The Morgan fingerprint density at radius 3 is 1.16 bits per heavy atom. The van der Waals surface area contributed by atoms with E-state index in [1.165, 1.54) is 77.0 Å². The molecule has 5 heteroatoms. The second kappa shape index (κ2) is 26.2. The molecule has 1 unspecified atom stereocenters. The number of carbonyl (C=O) groups excluding carboxylic acids is 1. The zero-order valence-corrected chi connectivity index (χ0v) is 30.3. The lowest BCUT2D eigenvalue weighted by atomic mass is 9.86. The van der Waals surface area contributed by atoms with Gasteiger partial charge in [0.1, 0.15) is 18.6 Å². The Bertz CT molecular complexity index is 610. The van der Waals surface area contributed by atoms with E-state index in [9.17, 15) is 15.0 Å². The first-order valence-electron chi connectivity index (χ1n) is 19.5. The zero-order chi connectivity index (χ0) is 33.5. The molecule has 45 heavy (non-hydrogen) atoms. The molecule has 0 amide bonds. The summed E-state index contributed by atoms with van der Waals surface area (Å²) in [6.45, 7) is 11.0. The Hall–Kier alpha value is -0.750. The van der Waals surface area contributed by atoms with E-state index in [1.54, 1.807) is 0 Å². The molecule has 0 saturated heterocycles. The van der Waals surface area contributed by atoms with E-state index >= 15 is 0 Å². The van der Waals surface area contributed by atoms with E-state index in [0.29, 0.717) is 11.7 Å². The third-order valence-electron chi connectivity index (χ3n) is 11.2. The van der Waals surface area contributed by atoms with Gasteiger partial charge in [-0.1, -0.05) is 92.4 Å². The van der Waals surface area contributed by atoms with Gasteiger partial charge >= 0.3 is 0 Å². The summed E-state index contributed by atoms with van der Waals surface area (Å²) in [6, 6.07) is 0. The van der Waals surface area contributed by atoms with Crippen molar-refractivity contribution in [2.45, 2.75) is 207 Å². The van der Waals surface area contributed by atoms with Crippen LogP contribution in [-0.4, -0.2) is 50.6 Å². The minimum Gasteiger partial charge on any atom is -0.393 e. The van der Waals surface area contributed by atoms with Crippen molar-refractivity contribution in [3.8, 4) is 0 Å². The fourth-order valence-corrected chi connectivity index (χ4v) is 7.63. The van der Waals surface area contributed by atoms with Crippen LogP contribution >= 0.6 is 0 Å². The van der Waals surface area contributed by atoms with Gasteiger partial charge < -0.3 is 20.4 Å². The molecular formula is C40H76O5+2. The molecule has 5 saturated carbocycles. The topological polar surface area (TPSA) is 98.0 Å². The second-order valence-corrected chi connectivity index (χ2v) is 14.9. The van der Waals surface area contributed by atoms with Crippen LogP contribution in [0, 0.1) is 42.4 Å². The molecule has 5 rings (SSSR count). The van der Waals surface area contributed by atoms with Gasteiger partial charge in [-0.25, -0.2) is 0 Å². The van der Waals surface area contributed by atoms with Gasteiger partial charge in [0.25, 0.3) is 0 Å². The number of rotatable bonds is 5. The monoisotopic (exact) mass is 637 g/mol. The molecule has 5 nitrogen and oxygen atoms in total. The Labute approximate surface area is 279 Å². The number of aliphatic hydroxyl groups is 4. The van der Waals surface area contributed by atoms with Crippen molar-refractivity contribution in [2.24, 2.45) is 29.6 Å². The van der Waals surface area contributed by atoms with Crippen molar-refractivity contribution in [2.75, 3.05) is 0 Å². The molecule has 5 fully saturated rings. The highest BCUT2D eigenvalue weighted by atomic mass is 16.3. The van der Waals surface area contributed by atoms with Crippen LogP contribution in [0.25, 0.3) is 0 Å². The normalized spacial score (nSPS) is 34.7. The maximum Gasteiger partial charge on any atom is 0.194 e. The minimum atomic E-state index is -0.108. The molecule has 0 aromatic carbocycles. The van der Waals surface area contributed by atoms with Gasteiger partial charge in [0.2, 0.25) is 0 Å². The molecule has 0 radical (unpaired) electrons.